The van der Waals surface area contributed by atoms with E-state index in [1.165, 1.54) is 11.8 Å². The average molecular weight is 380 g/mol. The summed E-state index contributed by atoms with van der Waals surface area (Å²) in [7, 11) is 2.03. The number of fused-ring (bicyclic) bond motifs is 1. The standard InChI is InChI=1S/C20H20N4O2S/c1-4-12-9-15(18(26)10-17(12)25)19-21-22-20(27)24(19)14-5-6-16-13(8-14)7-11(2)23(16)3/h5-10,25-26H,4H2,1-3H3,(H,22,27). The Morgan fingerprint density at radius 3 is 2.56 bits per heavy atom. The van der Waals surface area contributed by atoms with Gasteiger partial charge in [0.2, 0.25) is 0 Å². The van der Waals surface area contributed by atoms with Crippen molar-refractivity contribution in [3.63, 3.8) is 0 Å². The molecule has 0 aliphatic carbocycles. The zero-order chi connectivity index (χ0) is 19.3. The van der Waals surface area contributed by atoms with Crippen molar-refractivity contribution >= 4 is 23.5 Å². The van der Waals surface area contributed by atoms with Crippen molar-refractivity contribution in [1.29, 1.82) is 0 Å². The second kappa shape index (κ2) is 6.35. The summed E-state index contributed by atoms with van der Waals surface area (Å²) in [6.07, 6.45) is 0.635. The molecular weight excluding hydrogens is 360 g/mol. The topological polar surface area (TPSA) is 76.1 Å². The smallest absolute Gasteiger partial charge is 0.193 e. The zero-order valence-electron chi connectivity index (χ0n) is 15.3. The summed E-state index contributed by atoms with van der Waals surface area (Å²) in [5, 5.41) is 30.2. The number of benzene rings is 2. The molecule has 2 N–H and O–H groups in total. The van der Waals surface area contributed by atoms with E-state index in [9.17, 15) is 10.2 Å². The SMILES string of the molecule is CCc1cc(-c2nnc(S)n2-c2ccc3c(c2)cc(C)n3C)c(O)cc1O. The van der Waals surface area contributed by atoms with E-state index in [0.29, 0.717) is 23.0 Å². The van der Waals surface area contributed by atoms with Crippen molar-refractivity contribution < 1.29 is 10.2 Å². The molecule has 4 rings (SSSR count). The molecular formula is C20H20N4O2S. The first kappa shape index (κ1) is 17.5. The highest BCUT2D eigenvalue weighted by Crippen LogP contribution is 2.36. The first-order valence-electron chi connectivity index (χ1n) is 8.66. The Morgan fingerprint density at radius 1 is 1.04 bits per heavy atom. The van der Waals surface area contributed by atoms with Gasteiger partial charge in [-0.2, -0.15) is 0 Å². The molecule has 7 heteroatoms. The third-order valence-electron chi connectivity index (χ3n) is 4.99. The van der Waals surface area contributed by atoms with Gasteiger partial charge in [-0.15, -0.1) is 22.8 Å². The first-order valence-corrected chi connectivity index (χ1v) is 9.11. The number of aromatic hydroxyl groups is 2. The van der Waals surface area contributed by atoms with Crippen LogP contribution in [-0.2, 0) is 13.5 Å². The van der Waals surface area contributed by atoms with Crippen LogP contribution >= 0.6 is 12.6 Å². The van der Waals surface area contributed by atoms with Crippen LogP contribution in [-0.4, -0.2) is 29.5 Å². The van der Waals surface area contributed by atoms with Crippen molar-refractivity contribution in [2.24, 2.45) is 7.05 Å². The summed E-state index contributed by atoms with van der Waals surface area (Å²) in [6.45, 7) is 4.00. The molecule has 0 unspecified atom stereocenters. The van der Waals surface area contributed by atoms with Crippen LogP contribution in [0.15, 0.2) is 41.6 Å². The van der Waals surface area contributed by atoms with Crippen LogP contribution < -0.4 is 0 Å². The number of phenolic OH excluding ortho intramolecular Hbond substituents is 2. The zero-order valence-corrected chi connectivity index (χ0v) is 16.2. The van der Waals surface area contributed by atoms with E-state index in [1.54, 1.807) is 10.6 Å². The van der Waals surface area contributed by atoms with Crippen LogP contribution in [0.2, 0.25) is 0 Å². The molecule has 4 aromatic rings. The van der Waals surface area contributed by atoms with Crippen molar-refractivity contribution in [2.45, 2.75) is 25.4 Å². The lowest BCUT2D eigenvalue weighted by Crippen LogP contribution is -1.99. The molecule has 0 spiro atoms. The summed E-state index contributed by atoms with van der Waals surface area (Å²) in [5.74, 6) is 0.486. The molecule has 0 aliphatic heterocycles. The minimum absolute atomic E-state index is 0.0525. The lowest BCUT2D eigenvalue weighted by molar-refractivity contribution is 0.447. The van der Waals surface area contributed by atoms with Gasteiger partial charge in [0.05, 0.1) is 11.3 Å². The molecule has 6 nitrogen and oxygen atoms in total. The Kier molecular flexibility index (Phi) is 4.11. The summed E-state index contributed by atoms with van der Waals surface area (Å²) < 4.78 is 3.92. The van der Waals surface area contributed by atoms with Crippen LogP contribution in [0.5, 0.6) is 11.5 Å². The Bertz CT molecular complexity index is 1180. The predicted octanol–water partition coefficient (Wildman–Crippen LogP) is 4.00. The van der Waals surface area contributed by atoms with Gasteiger partial charge in [0.25, 0.3) is 0 Å². The number of aromatic nitrogens is 4. The fourth-order valence-electron chi connectivity index (χ4n) is 3.39. The highest BCUT2D eigenvalue weighted by molar-refractivity contribution is 7.80. The van der Waals surface area contributed by atoms with Crippen LogP contribution in [0.25, 0.3) is 28.0 Å². The van der Waals surface area contributed by atoms with Gasteiger partial charge in [0, 0.05) is 29.7 Å². The van der Waals surface area contributed by atoms with Crippen LogP contribution in [0.1, 0.15) is 18.2 Å². The molecule has 0 aliphatic rings. The van der Waals surface area contributed by atoms with E-state index in [1.807, 2.05) is 32.2 Å². The molecule has 138 valence electrons. The molecule has 27 heavy (non-hydrogen) atoms. The summed E-state index contributed by atoms with van der Waals surface area (Å²) in [6, 6.07) is 11.3. The number of hydrogen-bond donors (Lipinski definition) is 3. The van der Waals surface area contributed by atoms with Crippen molar-refractivity contribution in [3.8, 4) is 28.6 Å². The minimum Gasteiger partial charge on any atom is -0.508 e. The Labute approximate surface area is 162 Å². The van der Waals surface area contributed by atoms with Gasteiger partial charge in [-0.05, 0) is 49.2 Å². The number of hydrogen-bond acceptors (Lipinski definition) is 5. The van der Waals surface area contributed by atoms with Crippen molar-refractivity contribution in [2.75, 3.05) is 0 Å². The van der Waals surface area contributed by atoms with Gasteiger partial charge >= 0.3 is 0 Å². The maximum atomic E-state index is 10.4. The average Bonchev–Trinajstić information content (AvgIpc) is 3.15. The monoisotopic (exact) mass is 380 g/mol. The lowest BCUT2D eigenvalue weighted by atomic mass is 10.1. The molecule has 0 bridgehead atoms. The molecule has 0 fully saturated rings. The number of nitrogens with zero attached hydrogens (tertiary/aromatic N) is 4. The number of thiol groups is 1. The van der Waals surface area contributed by atoms with Gasteiger partial charge in [-0.1, -0.05) is 6.92 Å². The highest BCUT2D eigenvalue weighted by atomic mass is 32.1. The van der Waals surface area contributed by atoms with E-state index in [2.05, 4.69) is 40.4 Å². The summed E-state index contributed by atoms with van der Waals surface area (Å²) >= 11 is 4.46. The molecule has 2 heterocycles. The third-order valence-corrected chi connectivity index (χ3v) is 5.28. The summed E-state index contributed by atoms with van der Waals surface area (Å²) in [4.78, 5) is 0. The van der Waals surface area contributed by atoms with E-state index in [0.717, 1.165) is 22.2 Å². The van der Waals surface area contributed by atoms with Crippen molar-refractivity contribution in [1.82, 2.24) is 19.3 Å². The fraction of sp³-hybridized carbons (Fsp3) is 0.200. The maximum Gasteiger partial charge on any atom is 0.193 e. The van der Waals surface area contributed by atoms with E-state index in [-0.39, 0.29) is 11.5 Å². The Hall–Kier alpha value is -2.93. The second-order valence-corrected chi connectivity index (χ2v) is 7.00. The molecule has 2 aromatic heterocycles. The third kappa shape index (κ3) is 2.75. The van der Waals surface area contributed by atoms with Crippen LogP contribution in [0, 0.1) is 6.92 Å². The van der Waals surface area contributed by atoms with Crippen LogP contribution in [0.3, 0.4) is 0 Å². The van der Waals surface area contributed by atoms with Crippen molar-refractivity contribution in [3.05, 3.63) is 47.7 Å². The number of rotatable bonds is 3. The summed E-state index contributed by atoms with van der Waals surface area (Å²) in [5.41, 5.74) is 4.38. The quantitative estimate of drug-likeness (QED) is 0.470. The minimum atomic E-state index is -0.0525. The normalized spacial score (nSPS) is 11.4. The van der Waals surface area contributed by atoms with E-state index in [4.69, 9.17) is 0 Å². The fourth-order valence-corrected chi connectivity index (χ4v) is 3.64. The lowest BCUT2D eigenvalue weighted by Gasteiger charge is -2.12. The molecule has 0 saturated heterocycles. The van der Waals surface area contributed by atoms with Crippen LogP contribution in [0.4, 0.5) is 0 Å². The Morgan fingerprint density at radius 2 is 1.81 bits per heavy atom. The highest BCUT2D eigenvalue weighted by Gasteiger charge is 2.19. The molecule has 0 saturated carbocycles. The van der Waals surface area contributed by atoms with Gasteiger partial charge in [-0.25, -0.2) is 0 Å². The van der Waals surface area contributed by atoms with Gasteiger partial charge < -0.3 is 14.8 Å². The predicted molar refractivity (Wildman–Crippen MR) is 108 cm³/mol. The second-order valence-electron chi connectivity index (χ2n) is 6.60. The largest absolute Gasteiger partial charge is 0.508 e. The molecule has 2 aromatic carbocycles. The van der Waals surface area contributed by atoms with E-state index < -0.39 is 0 Å². The van der Waals surface area contributed by atoms with E-state index >= 15 is 0 Å². The van der Waals surface area contributed by atoms with Gasteiger partial charge in [0.1, 0.15) is 11.5 Å². The number of phenols is 2. The van der Waals surface area contributed by atoms with Gasteiger partial charge in [-0.3, -0.25) is 4.57 Å². The molecule has 0 radical (unpaired) electrons. The molecule has 0 atom stereocenters. The number of aryl methyl sites for hydroxylation is 3. The first-order chi connectivity index (χ1) is 12.9. The van der Waals surface area contributed by atoms with Gasteiger partial charge in [0.15, 0.2) is 11.0 Å². The maximum absolute atomic E-state index is 10.4. The molecule has 0 amide bonds. The Balaban J connectivity index is 1.93.